The summed E-state index contributed by atoms with van der Waals surface area (Å²) < 4.78 is 0. The Morgan fingerprint density at radius 1 is 1.38 bits per heavy atom. The fourth-order valence-corrected chi connectivity index (χ4v) is 1.90. The topological polar surface area (TPSA) is 92.4 Å². The molecule has 0 rings (SSSR count). The van der Waals surface area contributed by atoms with Crippen molar-refractivity contribution in [1.82, 2.24) is 5.32 Å². The molecule has 5 nitrogen and oxygen atoms in total. The van der Waals surface area contributed by atoms with Gasteiger partial charge in [-0.25, -0.2) is 0 Å². The molecule has 94 valence electrons. The van der Waals surface area contributed by atoms with E-state index >= 15 is 0 Å². The van der Waals surface area contributed by atoms with Crippen molar-refractivity contribution in [3.63, 3.8) is 0 Å². The van der Waals surface area contributed by atoms with Crippen LogP contribution in [0.15, 0.2) is 0 Å². The summed E-state index contributed by atoms with van der Waals surface area (Å²) in [4.78, 5) is 21.8. The van der Waals surface area contributed by atoms with E-state index < -0.39 is 12.0 Å². The van der Waals surface area contributed by atoms with Crippen LogP contribution in [0.2, 0.25) is 0 Å². The number of carboxylic acids is 1. The lowest BCUT2D eigenvalue weighted by atomic mass is 10.2. The normalized spacial score (nSPS) is 12.5. The fourth-order valence-electron chi connectivity index (χ4n) is 1.11. The van der Waals surface area contributed by atoms with Gasteiger partial charge < -0.3 is 16.2 Å². The van der Waals surface area contributed by atoms with Gasteiger partial charge in [0.1, 0.15) is 6.04 Å². The van der Waals surface area contributed by atoms with Crippen LogP contribution in [0.25, 0.3) is 0 Å². The van der Waals surface area contributed by atoms with Gasteiger partial charge in [-0.15, -0.1) is 11.8 Å². The van der Waals surface area contributed by atoms with Crippen LogP contribution in [0.1, 0.15) is 26.7 Å². The van der Waals surface area contributed by atoms with E-state index in [9.17, 15) is 9.59 Å². The minimum atomic E-state index is -1.03. The van der Waals surface area contributed by atoms with Crippen molar-refractivity contribution in [2.75, 3.05) is 11.5 Å². The number of carbonyl (C=O) groups is 2. The van der Waals surface area contributed by atoms with Crippen LogP contribution in [-0.4, -0.2) is 40.6 Å². The first-order valence-corrected chi connectivity index (χ1v) is 6.52. The summed E-state index contributed by atoms with van der Waals surface area (Å²) in [5, 5.41) is 11.4. The molecule has 6 heteroatoms. The molecule has 0 spiro atoms. The average Bonchev–Trinajstić information content (AvgIpc) is 2.25. The number of aliphatic carboxylic acids is 1. The average molecular weight is 248 g/mol. The number of rotatable bonds is 8. The van der Waals surface area contributed by atoms with Gasteiger partial charge in [0.05, 0.1) is 5.75 Å². The lowest BCUT2D eigenvalue weighted by molar-refractivity contribution is -0.138. The molecular formula is C10H20N2O3S. The Hall–Kier alpha value is -0.750. The van der Waals surface area contributed by atoms with E-state index in [-0.39, 0.29) is 23.5 Å². The maximum absolute atomic E-state index is 11.4. The Morgan fingerprint density at radius 2 is 1.94 bits per heavy atom. The summed E-state index contributed by atoms with van der Waals surface area (Å²) in [6.07, 6.45) is 1.81. The molecule has 1 unspecified atom stereocenters. The third kappa shape index (κ3) is 6.68. The fraction of sp³-hybridized carbons (Fsp3) is 0.800. The zero-order valence-corrected chi connectivity index (χ0v) is 10.5. The van der Waals surface area contributed by atoms with Crippen LogP contribution in [0.5, 0.6) is 0 Å². The second-order valence-electron chi connectivity index (χ2n) is 3.54. The van der Waals surface area contributed by atoms with Crippen molar-refractivity contribution in [2.45, 2.75) is 38.8 Å². The first-order valence-electron chi connectivity index (χ1n) is 5.36. The highest BCUT2D eigenvalue weighted by atomic mass is 32.2. The minimum Gasteiger partial charge on any atom is -0.480 e. The van der Waals surface area contributed by atoms with E-state index in [1.807, 2.05) is 13.8 Å². The van der Waals surface area contributed by atoms with Gasteiger partial charge in [0.25, 0.3) is 0 Å². The third-order valence-electron chi connectivity index (χ3n) is 2.20. The predicted molar refractivity (Wildman–Crippen MR) is 65.4 cm³/mol. The number of carbonyl (C=O) groups excluding carboxylic acids is 1. The molecule has 0 aliphatic carbocycles. The molecule has 0 bridgehead atoms. The van der Waals surface area contributed by atoms with Crippen LogP contribution >= 0.6 is 11.8 Å². The van der Waals surface area contributed by atoms with E-state index in [2.05, 4.69) is 5.32 Å². The standard InChI is InChI=1S/C10H20N2O3S/c1-3-7(4-2)12-9(13)6-16-5-8(11)10(14)15/h7-8H,3-6,11H2,1-2H3,(H,12,13)(H,14,15). The highest BCUT2D eigenvalue weighted by molar-refractivity contribution is 8.00. The summed E-state index contributed by atoms with van der Waals surface area (Å²) in [7, 11) is 0. The van der Waals surface area contributed by atoms with Gasteiger partial charge in [-0.1, -0.05) is 13.8 Å². The number of amides is 1. The van der Waals surface area contributed by atoms with Crippen molar-refractivity contribution in [1.29, 1.82) is 0 Å². The SMILES string of the molecule is CCC(CC)NC(=O)CSCC(N)C(=O)O. The Labute approximate surface area is 100 Å². The molecule has 0 aromatic carbocycles. The monoisotopic (exact) mass is 248 g/mol. The summed E-state index contributed by atoms with van der Waals surface area (Å²) in [5.74, 6) is -0.576. The highest BCUT2D eigenvalue weighted by Gasteiger charge is 2.13. The smallest absolute Gasteiger partial charge is 0.321 e. The van der Waals surface area contributed by atoms with E-state index in [1.54, 1.807) is 0 Å². The summed E-state index contributed by atoms with van der Waals surface area (Å²) in [6, 6.07) is -0.688. The van der Waals surface area contributed by atoms with Crippen molar-refractivity contribution in [3.05, 3.63) is 0 Å². The van der Waals surface area contributed by atoms with Crippen LogP contribution in [-0.2, 0) is 9.59 Å². The summed E-state index contributed by atoms with van der Waals surface area (Å²) in [5.41, 5.74) is 5.30. The maximum Gasteiger partial charge on any atom is 0.321 e. The minimum absolute atomic E-state index is 0.0590. The van der Waals surface area contributed by atoms with Crippen molar-refractivity contribution < 1.29 is 14.7 Å². The number of hydrogen-bond acceptors (Lipinski definition) is 4. The lowest BCUT2D eigenvalue weighted by Crippen LogP contribution is -2.36. The van der Waals surface area contributed by atoms with Gasteiger partial charge in [-0.3, -0.25) is 9.59 Å². The molecule has 1 atom stereocenters. The lowest BCUT2D eigenvalue weighted by Gasteiger charge is -2.14. The van der Waals surface area contributed by atoms with Gasteiger partial charge in [0.15, 0.2) is 0 Å². The van der Waals surface area contributed by atoms with E-state index in [0.29, 0.717) is 0 Å². The molecule has 16 heavy (non-hydrogen) atoms. The van der Waals surface area contributed by atoms with E-state index in [0.717, 1.165) is 12.8 Å². The molecule has 0 saturated heterocycles. The number of hydrogen-bond donors (Lipinski definition) is 3. The zero-order chi connectivity index (χ0) is 12.6. The second kappa shape index (κ2) is 8.41. The highest BCUT2D eigenvalue weighted by Crippen LogP contribution is 2.03. The molecule has 0 aliphatic rings. The molecule has 0 aromatic rings. The molecule has 0 fully saturated rings. The second-order valence-corrected chi connectivity index (χ2v) is 4.57. The van der Waals surface area contributed by atoms with Crippen LogP contribution in [0.4, 0.5) is 0 Å². The van der Waals surface area contributed by atoms with Crippen LogP contribution in [0, 0.1) is 0 Å². The molecular weight excluding hydrogens is 228 g/mol. The summed E-state index contributed by atoms with van der Waals surface area (Å²) in [6.45, 7) is 4.03. The number of nitrogens with one attached hydrogen (secondary N) is 1. The first kappa shape index (κ1) is 15.2. The number of thioether (sulfide) groups is 1. The van der Waals surface area contributed by atoms with E-state index in [1.165, 1.54) is 11.8 Å². The number of carboxylic acid groups (broad SMARTS) is 1. The molecule has 0 radical (unpaired) electrons. The Balaban J connectivity index is 3.69. The first-order chi connectivity index (χ1) is 7.51. The van der Waals surface area contributed by atoms with E-state index in [4.69, 9.17) is 10.8 Å². The third-order valence-corrected chi connectivity index (χ3v) is 3.26. The van der Waals surface area contributed by atoms with Crippen molar-refractivity contribution >= 4 is 23.6 Å². The van der Waals surface area contributed by atoms with Gasteiger partial charge in [-0.05, 0) is 12.8 Å². The van der Waals surface area contributed by atoms with Gasteiger partial charge in [0, 0.05) is 11.8 Å². The largest absolute Gasteiger partial charge is 0.480 e. The Morgan fingerprint density at radius 3 is 2.38 bits per heavy atom. The molecule has 1 amide bonds. The molecule has 0 aromatic heterocycles. The number of nitrogens with two attached hydrogens (primary N) is 1. The summed E-state index contributed by atoms with van der Waals surface area (Å²) >= 11 is 1.24. The Kier molecular flexibility index (Phi) is 8.01. The van der Waals surface area contributed by atoms with Gasteiger partial charge in [0.2, 0.25) is 5.91 Å². The quantitative estimate of drug-likeness (QED) is 0.579. The predicted octanol–water partition coefficient (Wildman–Crippen LogP) is 0.436. The molecule has 0 aliphatic heterocycles. The molecule has 0 saturated carbocycles. The van der Waals surface area contributed by atoms with Crippen LogP contribution < -0.4 is 11.1 Å². The maximum atomic E-state index is 11.4. The molecule has 0 heterocycles. The van der Waals surface area contributed by atoms with Gasteiger partial charge in [-0.2, -0.15) is 0 Å². The Bertz CT molecular complexity index is 232. The molecule has 4 N–H and O–H groups in total. The van der Waals surface area contributed by atoms with Gasteiger partial charge >= 0.3 is 5.97 Å². The van der Waals surface area contributed by atoms with Crippen LogP contribution in [0.3, 0.4) is 0 Å². The van der Waals surface area contributed by atoms with Crippen molar-refractivity contribution in [3.8, 4) is 0 Å². The van der Waals surface area contributed by atoms with Crippen molar-refractivity contribution in [2.24, 2.45) is 5.73 Å². The zero-order valence-electron chi connectivity index (χ0n) is 9.73.